The fourth-order valence-electron chi connectivity index (χ4n) is 1.34. The van der Waals surface area contributed by atoms with Gasteiger partial charge in [0, 0.05) is 18.9 Å². The predicted octanol–water partition coefficient (Wildman–Crippen LogP) is 1.16. The lowest BCUT2D eigenvalue weighted by atomic mass is 9.97. The smallest absolute Gasteiger partial charge is 0.239 e. The van der Waals surface area contributed by atoms with Crippen LogP contribution in [0.15, 0.2) is 0 Å². The number of amides is 1. The van der Waals surface area contributed by atoms with E-state index < -0.39 is 5.54 Å². The first kappa shape index (κ1) is 19.4. The van der Waals surface area contributed by atoms with Gasteiger partial charge in [-0.05, 0) is 25.5 Å². The zero-order chi connectivity index (χ0) is 12.4. The highest BCUT2D eigenvalue weighted by Gasteiger charge is 2.26. The predicted molar refractivity (Wildman–Crippen MR) is 76.8 cm³/mol. The highest BCUT2D eigenvalue weighted by molar-refractivity contribution is 7.99. The molecule has 0 aromatic heterocycles. The molecule has 104 valence electrons. The number of hydrogen-bond donors (Lipinski definition) is 3. The SMILES string of the molecule is CCCC(C)(N)C(=O)NCCSCCCO.Cl. The molecule has 1 atom stereocenters. The number of aliphatic hydroxyl groups excluding tert-OH is 1. The lowest BCUT2D eigenvalue weighted by Gasteiger charge is -2.22. The molecule has 17 heavy (non-hydrogen) atoms. The van der Waals surface area contributed by atoms with Gasteiger partial charge in [-0.25, -0.2) is 0 Å². The maximum absolute atomic E-state index is 11.7. The van der Waals surface area contributed by atoms with E-state index in [2.05, 4.69) is 5.32 Å². The molecule has 4 nitrogen and oxygen atoms in total. The van der Waals surface area contributed by atoms with Crippen LogP contribution in [0.2, 0.25) is 0 Å². The third-order valence-electron chi connectivity index (χ3n) is 2.27. The average Bonchev–Trinajstić information content (AvgIpc) is 2.22. The molecule has 0 saturated heterocycles. The van der Waals surface area contributed by atoms with Gasteiger partial charge in [-0.3, -0.25) is 4.79 Å². The summed E-state index contributed by atoms with van der Waals surface area (Å²) in [5, 5.41) is 11.4. The Balaban J connectivity index is 0. The molecule has 6 heteroatoms. The summed E-state index contributed by atoms with van der Waals surface area (Å²) >= 11 is 1.73. The summed E-state index contributed by atoms with van der Waals surface area (Å²) in [6.45, 7) is 4.66. The summed E-state index contributed by atoms with van der Waals surface area (Å²) in [5.74, 6) is 1.73. The Morgan fingerprint density at radius 2 is 2.12 bits per heavy atom. The molecule has 0 saturated carbocycles. The van der Waals surface area contributed by atoms with Crippen molar-refractivity contribution in [2.24, 2.45) is 5.73 Å². The molecule has 1 unspecified atom stereocenters. The van der Waals surface area contributed by atoms with Crippen LogP contribution in [-0.2, 0) is 4.79 Å². The van der Waals surface area contributed by atoms with Crippen LogP contribution in [0.4, 0.5) is 0 Å². The number of carbonyl (C=O) groups is 1. The van der Waals surface area contributed by atoms with Crippen molar-refractivity contribution in [2.75, 3.05) is 24.7 Å². The van der Waals surface area contributed by atoms with Crippen LogP contribution in [0.1, 0.15) is 33.1 Å². The Kier molecular flexibility index (Phi) is 12.7. The van der Waals surface area contributed by atoms with Crippen molar-refractivity contribution in [3.05, 3.63) is 0 Å². The molecule has 0 aliphatic carbocycles. The third-order valence-corrected chi connectivity index (χ3v) is 3.34. The van der Waals surface area contributed by atoms with Crippen molar-refractivity contribution in [3.8, 4) is 0 Å². The van der Waals surface area contributed by atoms with Gasteiger partial charge in [-0.2, -0.15) is 11.8 Å². The van der Waals surface area contributed by atoms with Crippen molar-refractivity contribution in [2.45, 2.75) is 38.6 Å². The highest BCUT2D eigenvalue weighted by atomic mass is 35.5. The number of thioether (sulfide) groups is 1. The zero-order valence-electron chi connectivity index (χ0n) is 10.7. The first-order valence-electron chi connectivity index (χ1n) is 5.80. The molecule has 0 bridgehead atoms. The maximum Gasteiger partial charge on any atom is 0.239 e. The van der Waals surface area contributed by atoms with Gasteiger partial charge >= 0.3 is 0 Å². The van der Waals surface area contributed by atoms with Crippen LogP contribution in [0, 0.1) is 0 Å². The maximum atomic E-state index is 11.7. The second kappa shape index (κ2) is 11.1. The third kappa shape index (κ3) is 9.71. The van der Waals surface area contributed by atoms with E-state index in [-0.39, 0.29) is 24.9 Å². The monoisotopic (exact) mass is 284 g/mol. The van der Waals surface area contributed by atoms with Crippen LogP contribution >= 0.6 is 24.2 Å². The molecule has 0 radical (unpaired) electrons. The van der Waals surface area contributed by atoms with E-state index in [9.17, 15) is 4.79 Å². The molecule has 0 fully saturated rings. The number of hydrogen-bond acceptors (Lipinski definition) is 4. The average molecular weight is 285 g/mol. The van der Waals surface area contributed by atoms with Crippen molar-refractivity contribution in [1.29, 1.82) is 0 Å². The molecular weight excluding hydrogens is 260 g/mol. The fourth-order valence-corrected chi connectivity index (χ4v) is 2.12. The van der Waals surface area contributed by atoms with E-state index in [1.807, 2.05) is 6.92 Å². The minimum atomic E-state index is -0.746. The summed E-state index contributed by atoms with van der Waals surface area (Å²) < 4.78 is 0. The van der Waals surface area contributed by atoms with E-state index in [4.69, 9.17) is 10.8 Å². The van der Waals surface area contributed by atoms with Gasteiger partial charge in [0.1, 0.15) is 0 Å². The Morgan fingerprint density at radius 3 is 2.65 bits per heavy atom. The van der Waals surface area contributed by atoms with Gasteiger partial charge in [0.2, 0.25) is 5.91 Å². The molecule has 0 aliphatic heterocycles. The zero-order valence-corrected chi connectivity index (χ0v) is 12.3. The highest BCUT2D eigenvalue weighted by Crippen LogP contribution is 2.08. The van der Waals surface area contributed by atoms with Crippen molar-refractivity contribution in [1.82, 2.24) is 5.32 Å². The van der Waals surface area contributed by atoms with Crippen molar-refractivity contribution < 1.29 is 9.90 Å². The molecule has 4 N–H and O–H groups in total. The molecule has 1 amide bonds. The van der Waals surface area contributed by atoms with E-state index >= 15 is 0 Å². The van der Waals surface area contributed by atoms with Crippen LogP contribution in [0.25, 0.3) is 0 Å². The first-order valence-corrected chi connectivity index (χ1v) is 6.96. The quantitative estimate of drug-likeness (QED) is 0.556. The Hall–Kier alpha value is 0.0300. The van der Waals surface area contributed by atoms with Gasteiger partial charge in [0.25, 0.3) is 0 Å². The lowest BCUT2D eigenvalue weighted by molar-refractivity contribution is -0.125. The standard InChI is InChI=1S/C11H24N2O2S.ClH/c1-3-5-11(2,12)10(15)13-6-9-16-8-4-7-14;/h14H,3-9,12H2,1-2H3,(H,13,15);1H. The molecule has 0 aromatic carbocycles. The van der Waals surface area contributed by atoms with Crippen molar-refractivity contribution in [3.63, 3.8) is 0 Å². The normalized spacial score (nSPS) is 13.6. The summed E-state index contributed by atoms with van der Waals surface area (Å²) in [6, 6.07) is 0. The van der Waals surface area contributed by atoms with Crippen LogP contribution in [0.5, 0.6) is 0 Å². The number of nitrogens with one attached hydrogen (secondary N) is 1. The Bertz CT molecular complexity index is 204. The molecule has 0 aliphatic rings. The summed E-state index contributed by atoms with van der Waals surface area (Å²) in [5.41, 5.74) is 5.14. The van der Waals surface area contributed by atoms with E-state index in [1.54, 1.807) is 18.7 Å². The van der Waals surface area contributed by atoms with Crippen LogP contribution in [-0.4, -0.2) is 41.2 Å². The molecule has 0 aromatic rings. The number of rotatable bonds is 9. The van der Waals surface area contributed by atoms with Gasteiger partial charge in [0.05, 0.1) is 5.54 Å². The van der Waals surface area contributed by atoms with E-state index in [1.165, 1.54) is 0 Å². The van der Waals surface area contributed by atoms with Gasteiger partial charge in [0.15, 0.2) is 0 Å². The summed E-state index contributed by atoms with van der Waals surface area (Å²) in [6.07, 6.45) is 2.42. The second-order valence-corrected chi connectivity index (χ2v) is 5.34. The molecule has 0 heterocycles. The molecular formula is C11H25ClN2O2S. The number of aliphatic hydroxyl groups is 1. The summed E-state index contributed by atoms with van der Waals surface area (Å²) in [4.78, 5) is 11.7. The largest absolute Gasteiger partial charge is 0.396 e. The number of nitrogens with two attached hydrogens (primary N) is 1. The van der Waals surface area contributed by atoms with E-state index in [0.29, 0.717) is 13.0 Å². The fraction of sp³-hybridized carbons (Fsp3) is 0.909. The van der Waals surface area contributed by atoms with Crippen LogP contribution < -0.4 is 11.1 Å². The van der Waals surface area contributed by atoms with E-state index in [0.717, 1.165) is 24.3 Å². The van der Waals surface area contributed by atoms with Gasteiger partial charge in [-0.15, -0.1) is 12.4 Å². The Labute approximate surface area is 115 Å². The van der Waals surface area contributed by atoms with Crippen LogP contribution in [0.3, 0.4) is 0 Å². The number of halogens is 1. The number of carbonyl (C=O) groups excluding carboxylic acids is 1. The minimum Gasteiger partial charge on any atom is -0.396 e. The first-order chi connectivity index (χ1) is 7.54. The minimum absolute atomic E-state index is 0. The second-order valence-electron chi connectivity index (χ2n) is 4.11. The van der Waals surface area contributed by atoms with Gasteiger partial charge < -0.3 is 16.2 Å². The lowest BCUT2D eigenvalue weighted by Crippen LogP contribution is -2.51. The summed E-state index contributed by atoms with van der Waals surface area (Å²) in [7, 11) is 0. The van der Waals surface area contributed by atoms with Crippen molar-refractivity contribution >= 4 is 30.1 Å². The Morgan fingerprint density at radius 1 is 1.47 bits per heavy atom. The molecule has 0 spiro atoms. The van der Waals surface area contributed by atoms with Gasteiger partial charge in [-0.1, -0.05) is 13.3 Å². The molecule has 0 rings (SSSR count). The topological polar surface area (TPSA) is 75.4 Å².